The number of hydrogen-bond donors (Lipinski definition) is 1. The highest BCUT2D eigenvalue weighted by Crippen LogP contribution is 2.21. The van der Waals surface area contributed by atoms with Crippen LogP contribution in [-0.2, 0) is 0 Å². The van der Waals surface area contributed by atoms with E-state index in [1.54, 1.807) is 18.7 Å². The first kappa shape index (κ1) is 13.7. The molecule has 0 radical (unpaired) electrons. The molecule has 1 aliphatic rings. The smallest absolute Gasteiger partial charge is 0.147 e. The Kier molecular flexibility index (Phi) is 3.94. The quantitative estimate of drug-likeness (QED) is 0.929. The Morgan fingerprint density at radius 1 is 1.19 bits per heavy atom. The fourth-order valence-electron chi connectivity index (χ4n) is 2.63. The van der Waals surface area contributed by atoms with Crippen molar-refractivity contribution >= 4 is 11.6 Å². The number of aromatic nitrogens is 4. The van der Waals surface area contributed by atoms with E-state index in [0.717, 1.165) is 48.8 Å². The molecule has 0 bridgehead atoms. The highest BCUT2D eigenvalue weighted by atomic mass is 15.2. The van der Waals surface area contributed by atoms with Crippen molar-refractivity contribution in [3.8, 4) is 0 Å². The molecular weight excluding hydrogens is 264 g/mol. The van der Waals surface area contributed by atoms with Gasteiger partial charge in [-0.15, -0.1) is 0 Å². The first-order valence-electron chi connectivity index (χ1n) is 7.30. The van der Waals surface area contributed by atoms with Crippen LogP contribution in [0.3, 0.4) is 0 Å². The van der Waals surface area contributed by atoms with Crippen molar-refractivity contribution in [2.45, 2.75) is 32.7 Å². The van der Waals surface area contributed by atoms with Gasteiger partial charge >= 0.3 is 0 Å². The average Bonchev–Trinajstić information content (AvgIpc) is 2.53. The van der Waals surface area contributed by atoms with E-state index in [4.69, 9.17) is 0 Å². The average molecular weight is 284 g/mol. The molecule has 21 heavy (non-hydrogen) atoms. The zero-order valence-electron chi connectivity index (χ0n) is 12.5. The van der Waals surface area contributed by atoms with E-state index in [9.17, 15) is 0 Å². The maximum absolute atomic E-state index is 4.39. The van der Waals surface area contributed by atoms with Crippen molar-refractivity contribution in [1.82, 2.24) is 19.9 Å². The summed E-state index contributed by atoms with van der Waals surface area (Å²) in [6.45, 7) is 6.01. The number of aryl methyl sites for hydroxylation is 1. The largest absolute Gasteiger partial charge is 0.365 e. The molecule has 1 fully saturated rings. The molecule has 0 aromatic carbocycles. The van der Waals surface area contributed by atoms with Crippen LogP contribution in [0.1, 0.15) is 24.1 Å². The molecule has 0 aliphatic carbocycles. The van der Waals surface area contributed by atoms with Gasteiger partial charge in [-0.2, -0.15) is 0 Å². The lowest BCUT2D eigenvalue weighted by atomic mass is 10.1. The first-order valence-corrected chi connectivity index (χ1v) is 7.30. The van der Waals surface area contributed by atoms with Gasteiger partial charge in [-0.05, 0) is 26.7 Å². The maximum Gasteiger partial charge on any atom is 0.147 e. The molecule has 1 unspecified atom stereocenters. The predicted octanol–water partition coefficient (Wildman–Crippen LogP) is 1.96. The van der Waals surface area contributed by atoms with Crippen LogP contribution in [0.25, 0.3) is 0 Å². The van der Waals surface area contributed by atoms with Gasteiger partial charge in [-0.1, -0.05) is 0 Å². The van der Waals surface area contributed by atoms with Gasteiger partial charge in [0.25, 0.3) is 0 Å². The standard InChI is InChI=1S/C15H20N6/c1-11-12(2)18-10-19-15(11)20-13-4-3-7-21(9-13)14-8-16-5-6-17-14/h5-6,8,10,13H,3-4,7,9H2,1-2H3,(H,18,19,20). The zero-order valence-corrected chi connectivity index (χ0v) is 12.5. The number of piperidine rings is 1. The first-order chi connectivity index (χ1) is 10.2. The van der Waals surface area contributed by atoms with E-state index < -0.39 is 0 Å². The van der Waals surface area contributed by atoms with Crippen molar-refractivity contribution < 1.29 is 0 Å². The molecule has 6 nitrogen and oxygen atoms in total. The second-order valence-corrected chi connectivity index (χ2v) is 5.43. The molecule has 1 N–H and O–H groups in total. The zero-order chi connectivity index (χ0) is 14.7. The van der Waals surface area contributed by atoms with Crippen LogP contribution in [0.5, 0.6) is 0 Å². The maximum atomic E-state index is 4.39. The van der Waals surface area contributed by atoms with E-state index in [-0.39, 0.29) is 0 Å². The van der Waals surface area contributed by atoms with Gasteiger partial charge in [0.05, 0.1) is 6.20 Å². The molecule has 1 saturated heterocycles. The van der Waals surface area contributed by atoms with E-state index in [1.165, 1.54) is 0 Å². The highest BCUT2D eigenvalue weighted by Gasteiger charge is 2.21. The second kappa shape index (κ2) is 6.03. The van der Waals surface area contributed by atoms with Crippen molar-refractivity contribution in [3.05, 3.63) is 36.2 Å². The predicted molar refractivity (Wildman–Crippen MR) is 82.4 cm³/mol. The summed E-state index contributed by atoms with van der Waals surface area (Å²) in [5.74, 6) is 1.88. The molecule has 1 aliphatic heterocycles. The van der Waals surface area contributed by atoms with Crippen LogP contribution in [0.4, 0.5) is 11.6 Å². The third kappa shape index (κ3) is 3.09. The van der Waals surface area contributed by atoms with Crippen LogP contribution in [0, 0.1) is 13.8 Å². The Morgan fingerprint density at radius 3 is 2.90 bits per heavy atom. The summed E-state index contributed by atoms with van der Waals surface area (Å²) >= 11 is 0. The molecule has 0 spiro atoms. The van der Waals surface area contributed by atoms with Gasteiger partial charge in [0.1, 0.15) is 18.0 Å². The van der Waals surface area contributed by atoms with E-state index in [2.05, 4.69) is 37.1 Å². The number of nitrogens with one attached hydrogen (secondary N) is 1. The molecular formula is C15H20N6. The summed E-state index contributed by atoms with van der Waals surface area (Å²) in [6.07, 6.45) is 9.16. The third-order valence-electron chi connectivity index (χ3n) is 3.97. The molecule has 2 aromatic heterocycles. The molecule has 6 heteroatoms. The van der Waals surface area contributed by atoms with Crippen molar-refractivity contribution in [2.24, 2.45) is 0 Å². The summed E-state index contributed by atoms with van der Waals surface area (Å²) in [7, 11) is 0. The Labute approximate surface area is 124 Å². The van der Waals surface area contributed by atoms with Gasteiger partial charge in [0.2, 0.25) is 0 Å². The Hall–Kier alpha value is -2.24. The van der Waals surface area contributed by atoms with Crippen LogP contribution < -0.4 is 10.2 Å². The Morgan fingerprint density at radius 2 is 2.10 bits per heavy atom. The van der Waals surface area contributed by atoms with Crippen molar-refractivity contribution in [2.75, 3.05) is 23.3 Å². The molecule has 3 heterocycles. The molecule has 1 atom stereocenters. The van der Waals surface area contributed by atoms with Crippen molar-refractivity contribution in [3.63, 3.8) is 0 Å². The van der Waals surface area contributed by atoms with Gasteiger partial charge in [-0.25, -0.2) is 15.0 Å². The summed E-state index contributed by atoms with van der Waals surface area (Å²) in [6, 6.07) is 0.369. The summed E-state index contributed by atoms with van der Waals surface area (Å²) in [5.41, 5.74) is 2.14. The normalized spacial score (nSPS) is 18.6. The fourth-order valence-corrected chi connectivity index (χ4v) is 2.63. The van der Waals surface area contributed by atoms with E-state index in [0.29, 0.717) is 6.04 Å². The van der Waals surface area contributed by atoms with Gasteiger partial charge in [-0.3, -0.25) is 4.98 Å². The van der Waals surface area contributed by atoms with Crippen LogP contribution in [-0.4, -0.2) is 39.1 Å². The summed E-state index contributed by atoms with van der Waals surface area (Å²) in [5, 5.41) is 3.55. The SMILES string of the molecule is Cc1ncnc(NC2CCCN(c3cnccn3)C2)c1C. The number of hydrogen-bond acceptors (Lipinski definition) is 6. The lowest BCUT2D eigenvalue weighted by Crippen LogP contribution is -2.42. The van der Waals surface area contributed by atoms with Crippen LogP contribution in [0.2, 0.25) is 0 Å². The van der Waals surface area contributed by atoms with E-state index >= 15 is 0 Å². The number of nitrogens with zero attached hydrogens (tertiary/aromatic N) is 5. The van der Waals surface area contributed by atoms with Gasteiger partial charge < -0.3 is 10.2 Å². The van der Waals surface area contributed by atoms with E-state index in [1.807, 2.05) is 13.1 Å². The summed E-state index contributed by atoms with van der Waals surface area (Å²) in [4.78, 5) is 19.4. The highest BCUT2D eigenvalue weighted by molar-refractivity contribution is 5.46. The molecule has 2 aromatic rings. The third-order valence-corrected chi connectivity index (χ3v) is 3.97. The lowest BCUT2D eigenvalue weighted by Gasteiger charge is -2.34. The van der Waals surface area contributed by atoms with Crippen molar-refractivity contribution in [1.29, 1.82) is 0 Å². The van der Waals surface area contributed by atoms with Crippen LogP contribution in [0.15, 0.2) is 24.9 Å². The number of anilines is 2. The minimum Gasteiger partial charge on any atom is -0.365 e. The second-order valence-electron chi connectivity index (χ2n) is 5.43. The Bertz CT molecular complexity index is 600. The lowest BCUT2D eigenvalue weighted by molar-refractivity contribution is 0.524. The minimum atomic E-state index is 0.369. The van der Waals surface area contributed by atoms with Crippen LogP contribution >= 0.6 is 0 Å². The molecule has 3 rings (SSSR count). The van der Waals surface area contributed by atoms with Gasteiger partial charge in [0.15, 0.2) is 0 Å². The van der Waals surface area contributed by atoms with Gasteiger partial charge in [0, 0.05) is 42.8 Å². The molecule has 110 valence electrons. The fraction of sp³-hybridized carbons (Fsp3) is 0.467. The minimum absolute atomic E-state index is 0.369. The molecule has 0 amide bonds. The monoisotopic (exact) mass is 284 g/mol. The summed E-state index contributed by atoms with van der Waals surface area (Å²) < 4.78 is 0. The topological polar surface area (TPSA) is 66.8 Å². The molecule has 0 saturated carbocycles. The Balaban J connectivity index is 1.70. The number of rotatable bonds is 3.